The van der Waals surface area contributed by atoms with E-state index >= 15 is 0 Å². The van der Waals surface area contributed by atoms with Gasteiger partial charge in [-0.25, -0.2) is 13.1 Å². The molecule has 0 aliphatic heterocycles. The maximum Gasteiger partial charge on any atom is 0.240 e. The molecule has 0 aliphatic rings. The Morgan fingerprint density at radius 3 is 2.56 bits per heavy atom. The first-order valence-corrected chi connectivity index (χ1v) is 6.65. The van der Waals surface area contributed by atoms with Crippen LogP contribution in [-0.2, 0) is 10.0 Å². The van der Waals surface area contributed by atoms with Gasteiger partial charge in [0, 0.05) is 6.54 Å². The smallest absolute Gasteiger partial charge is 0.240 e. The van der Waals surface area contributed by atoms with E-state index in [9.17, 15) is 8.42 Å². The molecule has 0 spiro atoms. The number of hydrogen-bond donors (Lipinski definition) is 2. The maximum absolute atomic E-state index is 11.8. The maximum atomic E-state index is 11.8. The molecule has 1 unspecified atom stereocenters. The Bertz CT molecular complexity index is 440. The number of aliphatic hydroxyl groups is 1. The normalized spacial score (nSPS) is 13.7. The van der Waals surface area contributed by atoms with E-state index in [0.29, 0.717) is 16.9 Å². The average Bonchev–Trinajstić information content (AvgIpc) is 2.17. The van der Waals surface area contributed by atoms with Crippen LogP contribution >= 0.6 is 0 Å². The standard InChI is InChI=1S/C11H17NO3S/c1-9-5-3-4-6-11(9)16(14,15)12-8-7-10(2)13/h3-6,10,12-13H,7-8H2,1-2H3. The Labute approximate surface area is 96.4 Å². The zero-order chi connectivity index (χ0) is 12.2. The molecule has 0 radical (unpaired) electrons. The van der Waals surface area contributed by atoms with Crippen LogP contribution in [0.2, 0.25) is 0 Å². The molecule has 0 aliphatic carbocycles. The summed E-state index contributed by atoms with van der Waals surface area (Å²) < 4.78 is 26.1. The van der Waals surface area contributed by atoms with Crippen molar-refractivity contribution in [3.8, 4) is 0 Å². The third-order valence-electron chi connectivity index (χ3n) is 2.24. The van der Waals surface area contributed by atoms with Crippen molar-refractivity contribution < 1.29 is 13.5 Å². The van der Waals surface area contributed by atoms with Crippen molar-refractivity contribution in [2.24, 2.45) is 0 Å². The molecule has 0 saturated heterocycles. The summed E-state index contributed by atoms with van der Waals surface area (Å²) in [4.78, 5) is 0.292. The van der Waals surface area contributed by atoms with Crippen LogP contribution in [0.1, 0.15) is 18.9 Å². The lowest BCUT2D eigenvalue weighted by Gasteiger charge is -2.09. The highest BCUT2D eigenvalue weighted by atomic mass is 32.2. The van der Waals surface area contributed by atoms with Crippen LogP contribution < -0.4 is 4.72 Å². The summed E-state index contributed by atoms with van der Waals surface area (Å²) in [6.45, 7) is 3.62. The Kier molecular flexibility index (Phi) is 4.46. The summed E-state index contributed by atoms with van der Waals surface area (Å²) in [5, 5.41) is 9.04. The van der Waals surface area contributed by atoms with Gasteiger partial charge in [-0.15, -0.1) is 0 Å². The molecule has 1 atom stereocenters. The molecule has 1 aromatic carbocycles. The van der Waals surface area contributed by atoms with Gasteiger partial charge in [-0.2, -0.15) is 0 Å². The van der Waals surface area contributed by atoms with Crippen LogP contribution in [0.15, 0.2) is 29.2 Å². The topological polar surface area (TPSA) is 66.4 Å². The molecule has 16 heavy (non-hydrogen) atoms. The van der Waals surface area contributed by atoms with E-state index in [0.717, 1.165) is 0 Å². The summed E-state index contributed by atoms with van der Waals surface area (Å²) in [5.41, 5.74) is 0.715. The van der Waals surface area contributed by atoms with Crippen molar-refractivity contribution in [1.82, 2.24) is 4.72 Å². The van der Waals surface area contributed by atoms with Gasteiger partial charge in [0.15, 0.2) is 0 Å². The highest BCUT2D eigenvalue weighted by Crippen LogP contribution is 2.13. The predicted molar refractivity (Wildman–Crippen MR) is 62.7 cm³/mol. The van der Waals surface area contributed by atoms with Gasteiger partial charge in [-0.3, -0.25) is 0 Å². The molecular formula is C11H17NO3S. The number of sulfonamides is 1. The zero-order valence-electron chi connectivity index (χ0n) is 9.47. The molecular weight excluding hydrogens is 226 g/mol. The molecule has 0 aromatic heterocycles. The van der Waals surface area contributed by atoms with E-state index < -0.39 is 16.1 Å². The van der Waals surface area contributed by atoms with E-state index in [1.165, 1.54) is 0 Å². The van der Waals surface area contributed by atoms with E-state index in [1.807, 2.05) is 0 Å². The van der Waals surface area contributed by atoms with Crippen molar-refractivity contribution in [1.29, 1.82) is 0 Å². The zero-order valence-corrected chi connectivity index (χ0v) is 10.3. The minimum atomic E-state index is -3.45. The van der Waals surface area contributed by atoms with Crippen molar-refractivity contribution in [2.45, 2.75) is 31.3 Å². The van der Waals surface area contributed by atoms with Crippen molar-refractivity contribution in [2.75, 3.05) is 6.54 Å². The van der Waals surface area contributed by atoms with Gasteiger partial charge in [0.2, 0.25) is 10.0 Å². The molecule has 0 amide bonds. The van der Waals surface area contributed by atoms with Crippen LogP contribution in [0.25, 0.3) is 0 Å². The molecule has 1 aromatic rings. The Balaban J connectivity index is 2.75. The third-order valence-corrected chi connectivity index (χ3v) is 3.86. The first kappa shape index (κ1) is 13.2. The molecule has 0 saturated carbocycles. The molecule has 90 valence electrons. The molecule has 0 heterocycles. The van der Waals surface area contributed by atoms with Crippen LogP contribution in [0.5, 0.6) is 0 Å². The number of aryl methyl sites for hydroxylation is 1. The van der Waals surface area contributed by atoms with Crippen molar-refractivity contribution in [3.63, 3.8) is 0 Å². The molecule has 4 nitrogen and oxygen atoms in total. The lowest BCUT2D eigenvalue weighted by molar-refractivity contribution is 0.186. The monoisotopic (exact) mass is 243 g/mol. The first-order valence-electron chi connectivity index (χ1n) is 5.17. The lowest BCUT2D eigenvalue weighted by atomic mass is 10.2. The lowest BCUT2D eigenvalue weighted by Crippen LogP contribution is -2.27. The molecule has 0 fully saturated rings. The van der Waals surface area contributed by atoms with Gasteiger partial charge in [0.25, 0.3) is 0 Å². The van der Waals surface area contributed by atoms with E-state index in [2.05, 4.69) is 4.72 Å². The van der Waals surface area contributed by atoms with Gasteiger partial charge in [0.1, 0.15) is 0 Å². The molecule has 1 rings (SSSR count). The highest BCUT2D eigenvalue weighted by Gasteiger charge is 2.15. The first-order chi connectivity index (χ1) is 7.43. The SMILES string of the molecule is Cc1ccccc1S(=O)(=O)NCCC(C)O. The van der Waals surface area contributed by atoms with Crippen molar-refractivity contribution >= 4 is 10.0 Å². The summed E-state index contributed by atoms with van der Waals surface area (Å²) in [7, 11) is -3.45. The number of benzene rings is 1. The summed E-state index contributed by atoms with van der Waals surface area (Å²) in [6.07, 6.45) is -0.0925. The van der Waals surface area contributed by atoms with E-state index in [4.69, 9.17) is 5.11 Å². The van der Waals surface area contributed by atoms with Gasteiger partial charge in [0.05, 0.1) is 11.0 Å². The van der Waals surface area contributed by atoms with Gasteiger partial charge < -0.3 is 5.11 Å². The fourth-order valence-electron chi connectivity index (χ4n) is 1.34. The van der Waals surface area contributed by atoms with Gasteiger partial charge >= 0.3 is 0 Å². The van der Waals surface area contributed by atoms with Crippen LogP contribution in [0.4, 0.5) is 0 Å². The second kappa shape index (κ2) is 5.43. The second-order valence-corrected chi connectivity index (χ2v) is 5.54. The van der Waals surface area contributed by atoms with Crippen LogP contribution in [-0.4, -0.2) is 26.2 Å². The van der Waals surface area contributed by atoms with E-state index in [-0.39, 0.29) is 6.54 Å². The van der Waals surface area contributed by atoms with E-state index in [1.54, 1.807) is 38.1 Å². The number of hydrogen-bond acceptors (Lipinski definition) is 3. The number of aliphatic hydroxyl groups excluding tert-OH is 1. The number of rotatable bonds is 5. The fourth-order valence-corrected chi connectivity index (χ4v) is 2.63. The Morgan fingerprint density at radius 2 is 2.00 bits per heavy atom. The minimum Gasteiger partial charge on any atom is -0.393 e. The van der Waals surface area contributed by atoms with Crippen molar-refractivity contribution in [3.05, 3.63) is 29.8 Å². The quantitative estimate of drug-likeness (QED) is 0.812. The number of nitrogens with one attached hydrogen (secondary N) is 1. The van der Waals surface area contributed by atoms with Gasteiger partial charge in [-0.05, 0) is 31.9 Å². The molecule has 0 bridgehead atoms. The van der Waals surface area contributed by atoms with Crippen LogP contribution in [0.3, 0.4) is 0 Å². The molecule has 2 N–H and O–H groups in total. The second-order valence-electron chi connectivity index (χ2n) is 3.80. The minimum absolute atomic E-state index is 0.244. The molecule has 5 heteroatoms. The summed E-state index contributed by atoms with van der Waals surface area (Å²) in [6, 6.07) is 6.81. The summed E-state index contributed by atoms with van der Waals surface area (Å²) in [5.74, 6) is 0. The predicted octanol–water partition coefficient (Wildman–Crippen LogP) is 1.04. The average molecular weight is 243 g/mol. The third kappa shape index (κ3) is 3.59. The van der Waals surface area contributed by atoms with Crippen LogP contribution in [0, 0.1) is 6.92 Å². The highest BCUT2D eigenvalue weighted by molar-refractivity contribution is 7.89. The summed E-state index contributed by atoms with van der Waals surface area (Å²) >= 11 is 0. The fraction of sp³-hybridized carbons (Fsp3) is 0.455. The van der Waals surface area contributed by atoms with Gasteiger partial charge in [-0.1, -0.05) is 18.2 Å². The largest absolute Gasteiger partial charge is 0.393 e. The Morgan fingerprint density at radius 1 is 1.38 bits per heavy atom. The Hall–Kier alpha value is -0.910.